The zero-order valence-corrected chi connectivity index (χ0v) is 16.2. The molecule has 1 saturated heterocycles. The predicted octanol–water partition coefficient (Wildman–Crippen LogP) is 2.67. The Morgan fingerprint density at radius 2 is 1.75 bits per heavy atom. The van der Waals surface area contributed by atoms with Gasteiger partial charge in [0, 0.05) is 13.1 Å². The fourth-order valence-electron chi connectivity index (χ4n) is 3.47. The summed E-state index contributed by atoms with van der Waals surface area (Å²) in [5.74, 6) is 0.183. The van der Waals surface area contributed by atoms with Gasteiger partial charge < -0.3 is 10.3 Å². The maximum Gasteiger partial charge on any atom is 0.253 e. The third kappa shape index (κ3) is 3.65. The quantitative estimate of drug-likeness (QED) is 0.691. The minimum absolute atomic E-state index is 0.0546. The Morgan fingerprint density at radius 3 is 2.54 bits per heavy atom. The predicted molar refractivity (Wildman–Crippen MR) is 106 cm³/mol. The molecule has 2 heterocycles. The molecule has 1 fully saturated rings. The van der Waals surface area contributed by atoms with Crippen LogP contribution < -0.4 is 5.32 Å². The molecule has 2 aromatic carbocycles. The number of hydrogen-bond acceptors (Lipinski definition) is 4. The number of para-hydroxylation sites is 2. The molecule has 0 unspecified atom stereocenters. The average Bonchev–Trinajstić information content (AvgIpc) is 3.15. The van der Waals surface area contributed by atoms with Crippen LogP contribution in [0.15, 0.2) is 53.4 Å². The van der Waals surface area contributed by atoms with E-state index in [-0.39, 0.29) is 17.0 Å². The van der Waals surface area contributed by atoms with Gasteiger partial charge >= 0.3 is 0 Å². The summed E-state index contributed by atoms with van der Waals surface area (Å²) < 4.78 is 27.5. The molecule has 0 bridgehead atoms. The van der Waals surface area contributed by atoms with E-state index in [1.54, 1.807) is 18.2 Å². The van der Waals surface area contributed by atoms with Gasteiger partial charge in [0.1, 0.15) is 5.82 Å². The number of carbonyl (C=O) groups is 1. The first-order chi connectivity index (χ1) is 13.6. The number of aromatic amines is 1. The maximum atomic E-state index is 13.0. The number of H-pyrrole nitrogens is 1. The van der Waals surface area contributed by atoms with Crippen LogP contribution in [0.1, 0.15) is 35.4 Å². The van der Waals surface area contributed by atoms with Crippen molar-refractivity contribution in [1.29, 1.82) is 0 Å². The summed E-state index contributed by atoms with van der Waals surface area (Å²) in [6.07, 6.45) is 2.73. The van der Waals surface area contributed by atoms with E-state index in [1.165, 1.54) is 10.4 Å². The Labute approximate surface area is 163 Å². The van der Waals surface area contributed by atoms with Crippen molar-refractivity contribution >= 4 is 27.0 Å². The standard InChI is InChI=1S/C20H22N4O3S/c25-20(21-14-19-22-16-9-3-4-10-17(16)23-19)15-8-2-5-11-18(15)28(26,27)24-12-6-1-7-13-24/h2-5,8-11H,1,6-7,12-14H2,(H,21,25)(H,22,23). The first-order valence-electron chi connectivity index (χ1n) is 9.37. The van der Waals surface area contributed by atoms with Crippen molar-refractivity contribution < 1.29 is 13.2 Å². The van der Waals surface area contributed by atoms with Crippen molar-refractivity contribution in [3.05, 3.63) is 59.9 Å². The minimum Gasteiger partial charge on any atom is -0.345 e. The van der Waals surface area contributed by atoms with Gasteiger partial charge in [-0.15, -0.1) is 0 Å². The van der Waals surface area contributed by atoms with Crippen LogP contribution in [-0.4, -0.2) is 41.7 Å². The van der Waals surface area contributed by atoms with E-state index >= 15 is 0 Å². The molecule has 0 aliphatic carbocycles. The molecule has 0 spiro atoms. The number of amides is 1. The van der Waals surface area contributed by atoms with Crippen molar-refractivity contribution in [1.82, 2.24) is 19.6 Å². The Hall–Kier alpha value is -2.71. The van der Waals surface area contributed by atoms with E-state index in [9.17, 15) is 13.2 Å². The molecule has 4 rings (SSSR count). The number of fused-ring (bicyclic) bond motifs is 1. The van der Waals surface area contributed by atoms with Crippen LogP contribution in [0.4, 0.5) is 0 Å². The molecule has 0 saturated carbocycles. The van der Waals surface area contributed by atoms with E-state index in [0.717, 1.165) is 30.3 Å². The molecule has 8 heteroatoms. The largest absolute Gasteiger partial charge is 0.345 e. The van der Waals surface area contributed by atoms with Crippen LogP contribution in [0.3, 0.4) is 0 Å². The first-order valence-corrected chi connectivity index (χ1v) is 10.8. The molecule has 1 aromatic heterocycles. The molecule has 1 amide bonds. The van der Waals surface area contributed by atoms with Gasteiger partial charge in [-0.25, -0.2) is 13.4 Å². The highest BCUT2D eigenvalue weighted by Gasteiger charge is 2.29. The SMILES string of the molecule is O=C(NCc1nc2ccccc2[nH]1)c1ccccc1S(=O)(=O)N1CCCCC1. The molecular weight excluding hydrogens is 376 g/mol. The lowest BCUT2D eigenvalue weighted by atomic mass is 10.2. The van der Waals surface area contributed by atoms with Gasteiger partial charge in [0.25, 0.3) is 5.91 Å². The summed E-state index contributed by atoms with van der Waals surface area (Å²) in [6.45, 7) is 1.18. The van der Waals surface area contributed by atoms with Gasteiger partial charge in [-0.05, 0) is 37.1 Å². The molecular formula is C20H22N4O3S. The summed E-state index contributed by atoms with van der Waals surface area (Å²) in [5, 5.41) is 2.78. The zero-order valence-electron chi connectivity index (χ0n) is 15.4. The van der Waals surface area contributed by atoms with Crippen LogP contribution in [-0.2, 0) is 16.6 Å². The van der Waals surface area contributed by atoms with Crippen molar-refractivity contribution in [2.45, 2.75) is 30.7 Å². The van der Waals surface area contributed by atoms with E-state index < -0.39 is 15.9 Å². The van der Waals surface area contributed by atoms with Crippen molar-refractivity contribution in [2.24, 2.45) is 0 Å². The van der Waals surface area contributed by atoms with E-state index in [4.69, 9.17) is 0 Å². The summed E-state index contributed by atoms with van der Waals surface area (Å²) in [4.78, 5) is 20.4. The molecule has 146 valence electrons. The Bertz CT molecular complexity index is 1070. The molecule has 2 N–H and O–H groups in total. The number of aromatic nitrogens is 2. The third-order valence-electron chi connectivity index (χ3n) is 4.92. The maximum absolute atomic E-state index is 13.0. The molecule has 0 atom stereocenters. The highest BCUT2D eigenvalue weighted by molar-refractivity contribution is 7.89. The van der Waals surface area contributed by atoms with Crippen LogP contribution in [0.2, 0.25) is 0 Å². The van der Waals surface area contributed by atoms with E-state index in [0.29, 0.717) is 18.9 Å². The average molecular weight is 398 g/mol. The van der Waals surface area contributed by atoms with Gasteiger partial charge in [-0.2, -0.15) is 4.31 Å². The Balaban J connectivity index is 1.54. The topological polar surface area (TPSA) is 95.2 Å². The zero-order chi connectivity index (χ0) is 19.6. The normalized spacial score (nSPS) is 15.6. The van der Waals surface area contributed by atoms with Gasteiger partial charge in [0.05, 0.1) is 28.0 Å². The summed E-state index contributed by atoms with van der Waals surface area (Å²) in [6, 6.07) is 14.0. The second kappa shape index (κ2) is 7.73. The van der Waals surface area contributed by atoms with Crippen LogP contribution >= 0.6 is 0 Å². The molecule has 0 radical (unpaired) electrons. The van der Waals surface area contributed by atoms with Gasteiger partial charge in [-0.1, -0.05) is 30.7 Å². The molecule has 28 heavy (non-hydrogen) atoms. The first kappa shape index (κ1) is 18.6. The summed E-state index contributed by atoms with van der Waals surface area (Å²) >= 11 is 0. The summed E-state index contributed by atoms with van der Waals surface area (Å²) in [5.41, 5.74) is 1.86. The van der Waals surface area contributed by atoms with Crippen LogP contribution in [0.25, 0.3) is 11.0 Å². The number of benzene rings is 2. The van der Waals surface area contributed by atoms with Crippen molar-refractivity contribution in [3.8, 4) is 0 Å². The number of nitrogens with one attached hydrogen (secondary N) is 2. The number of rotatable bonds is 5. The van der Waals surface area contributed by atoms with Crippen LogP contribution in [0.5, 0.6) is 0 Å². The Kier molecular flexibility index (Phi) is 5.15. The lowest BCUT2D eigenvalue weighted by molar-refractivity contribution is 0.0946. The summed E-state index contributed by atoms with van der Waals surface area (Å²) in [7, 11) is -3.69. The van der Waals surface area contributed by atoms with Crippen molar-refractivity contribution in [2.75, 3.05) is 13.1 Å². The monoisotopic (exact) mass is 398 g/mol. The third-order valence-corrected chi connectivity index (χ3v) is 6.88. The molecule has 1 aliphatic rings. The lowest BCUT2D eigenvalue weighted by Crippen LogP contribution is -2.37. The minimum atomic E-state index is -3.69. The second-order valence-electron chi connectivity index (χ2n) is 6.84. The number of carbonyl (C=O) groups excluding carboxylic acids is 1. The fourth-order valence-corrected chi connectivity index (χ4v) is 5.18. The van der Waals surface area contributed by atoms with E-state index in [2.05, 4.69) is 15.3 Å². The highest BCUT2D eigenvalue weighted by atomic mass is 32.2. The highest BCUT2D eigenvalue weighted by Crippen LogP contribution is 2.23. The molecule has 1 aliphatic heterocycles. The number of hydrogen-bond donors (Lipinski definition) is 2. The molecule has 3 aromatic rings. The van der Waals surface area contributed by atoms with Crippen molar-refractivity contribution in [3.63, 3.8) is 0 Å². The Morgan fingerprint density at radius 1 is 1.04 bits per heavy atom. The number of piperidine rings is 1. The fraction of sp³-hybridized carbons (Fsp3) is 0.300. The second-order valence-corrected chi connectivity index (χ2v) is 8.75. The van der Waals surface area contributed by atoms with E-state index in [1.807, 2.05) is 24.3 Å². The van der Waals surface area contributed by atoms with Gasteiger partial charge in [0.15, 0.2) is 0 Å². The van der Waals surface area contributed by atoms with Gasteiger partial charge in [-0.3, -0.25) is 4.79 Å². The number of nitrogens with zero attached hydrogens (tertiary/aromatic N) is 2. The number of sulfonamides is 1. The molecule has 7 nitrogen and oxygen atoms in total. The van der Waals surface area contributed by atoms with Crippen LogP contribution in [0, 0.1) is 0 Å². The van der Waals surface area contributed by atoms with Gasteiger partial charge in [0.2, 0.25) is 10.0 Å². The number of imidazole rings is 1. The smallest absolute Gasteiger partial charge is 0.253 e. The lowest BCUT2D eigenvalue weighted by Gasteiger charge is -2.26.